The van der Waals surface area contributed by atoms with Crippen molar-refractivity contribution in [3.63, 3.8) is 0 Å². The Hall–Kier alpha value is -1.76. The quantitative estimate of drug-likeness (QED) is 0.663. The minimum atomic E-state index is -4.32. The van der Waals surface area contributed by atoms with Gasteiger partial charge in [-0.15, -0.1) is 0 Å². The number of hydrogen-bond donors (Lipinski definition) is 2. The molecule has 0 atom stereocenters. The van der Waals surface area contributed by atoms with E-state index < -0.39 is 17.8 Å². The second-order valence-electron chi connectivity index (χ2n) is 5.07. The number of primary amides is 1. The van der Waals surface area contributed by atoms with Crippen molar-refractivity contribution in [2.75, 3.05) is 6.54 Å². The molecule has 1 saturated carbocycles. The topological polar surface area (TPSA) is 66.6 Å². The van der Waals surface area contributed by atoms with Gasteiger partial charge in [0.2, 0.25) is 0 Å². The van der Waals surface area contributed by atoms with Crippen molar-refractivity contribution in [2.45, 2.75) is 24.9 Å². The van der Waals surface area contributed by atoms with Crippen LogP contribution in [-0.2, 0) is 6.18 Å². The Labute approximate surface area is 113 Å². The number of nitrogens with zero attached hydrogens (tertiary/aromatic N) is 1. The third kappa shape index (κ3) is 3.22. The van der Waals surface area contributed by atoms with Crippen molar-refractivity contribution in [1.82, 2.24) is 5.06 Å². The molecule has 1 fully saturated rings. The lowest BCUT2D eigenvalue weighted by molar-refractivity contribution is -0.137. The van der Waals surface area contributed by atoms with Crippen LogP contribution in [0.4, 0.5) is 18.0 Å². The van der Waals surface area contributed by atoms with Crippen molar-refractivity contribution in [2.24, 2.45) is 11.7 Å². The predicted octanol–water partition coefficient (Wildman–Crippen LogP) is 2.97. The fraction of sp³-hybridized carbons (Fsp3) is 0.462. The molecule has 0 radical (unpaired) electrons. The number of urea groups is 1. The van der Waals surface area contributed by atoms with Gasteiger partial charge in [-0.1, -0.05) is 12.1 Å². The van der Waals surface area contributed by atoms with E-state index in [0.717, 1.165) is 30.5 Å². The highest BCUT2D eigenvalue weighted by Crippen LogP contribution is 2.42. The van der Waals surface area contributed by atoms with Gasteiger partial charge in [-0.3, -0.25) is 5.21 Å². The number of hydrogen-bond acceptors (Lipinski definition) is 2. The van der Waals surface area contributed by atoms with Gasteiger partial charge in [0, 0.05) is 0 Å². The Bertz CT molecular complexity index is 481. The lowest BCUT2D eigenvalue weighted by Crippen LogP contribution is -2.39. The molecular weight excluding hydrogens is 273 g/mol. The molecule has 2 rings (SSSR count). The molecule has 4 nitrogen and oxygen atoms in total. The van der Waals surface area contributed by atoms with Crippen molar-refractivity contribution < 1.29 is 23.2 Å². The highest BCUT2D eigenvalue weighted by atomic mass is 19.4. The maximum absolute atomic E-state index is 12.4. The van der Waals surface area contributed by atoms with Crippen molar-refractivity contribution in [3.8, 4) is 0 Å². The molecule has 110 valence electrons. The van der Waals surface area contributed by atoms with E-state index in [1.54, 1.807) is 0 Å². The highest BCUT2D eigenvalue weighted by molar-refractivity contribution is 5.70. The van der Waals surface area contributed by atoms with Gasteiger partial charge in [0.05, 0.1) is 12.1 Å². The summed E-state index contributed by atoms with van der Waals surface area (Å²) in [6.07, 6.45) is -2.88. The number of amides is 2. The van der Waals surface area contributed by atoms with Gasteiger partial charge in [-0.25, -0.2) is 9.86 Å². The normalized spacial score (nSPS) is 22.2. The summed E-state index contributed by atoms with van der Waals surface area (Å²) in [6.45, 7) is 0.159. The number of nitrogens with two attached hydrogens (primary N) is 1. The molecule has 1 aromatic carbocycles. The SMILES string of the molecule is NC(=O)N(O)C[C@H]1C[C@@H](c2ccc(C(F)(F)F)cc2)C1. The zero-order chi connectivity index (χ0) is 14.9. The Morgan fingerprint density at radius 1 is 1.30 bits per heavy atom. The minimum Gasteiger partial charge on any atom is -0.350 e. The van der Waals surface area contributed by atoms with E-state index in [-0.39, 0.29) is 18.4 Å². The first kappa shape index (κ1) is 14.6. The van der Waals surface area contributed by atoms with Crippen molar-refractivity contribution in [1.29, 1.82) is 0 Å². The molecule has 0 spiro atoms. The number of carbonyl (C=O) groups is 1. The third-order valence-electron chi connectivity index (χ3n) is 3.63. The first-order valence-electron chi connectivity index (χ1n) is 6.20. The molecule has 0 bridgehead atoms. The van der Waals surface area contributed by atoms with Crippen LogP contribution in [-0.4, -0.2) is 22.8 Å². The van der Waals surface area contributed by atoms with Crippen LogP contribution in [0.3, 0.4) is 0 Å². The molecule has 20 heavy (non-hydrogen) atoms. The smallest absolute Gasteiger partial charge is 0.350 e. The molecule has 1 aliphatic rings. The van der Waals surface area contributed by atoms with E-state index in [2.05, 4.69) is 0 Å². The van der Waals surface area contributed by atoms with Crippen molar-refractivity contribution >= 4 is 6.03 Å². The maximum Gasteiger partial charge on any atom is 0.416 e. The molecule has 0 saturated heterocycles. The minimum absolute atomic E-state index is 0.125. The monoisotopic (exact) mass is 288 g/mol. The Balaban J connectivity index is 1.88. The molecule has 7 heteroatoms. The molecule has 2 amide bonds. The summed E-state index contributed by atoms with van der Waals surface area (Å²) in [7, 11) is 0. The second kappa shape index (κ2) is 5.32. The van der Waals surface area contributed by atoms with Gasteiger partial charge >= 0.3 is 12.2 Å². The average molecular weight is 288 g/mol. The number of alkyl halides is 3. The highest BCUT2D eigenvalue weighted by Gasteiger charge is 2.34. The fourth-order valence-electron chi connectivity index (χ4n) is 2.44. The van der Waals surface area contributed by atoms with E-state index >= 15 is 0 Å². The van der Waals surface area contributed by atoms with E-state index in [1.165, 1.54) is 12.1 Å². The number of halogens is 3. The number of rotatable bonds is 3. The standard InChI is InChI=1S/C13H15F3N2O2/c14-13(15,16)11-3-1-9(2-4-11)10-5-8(6-10)7-18(20)12(17)19/h1-4,8,10,20H,5-7H2,(H2,17,19)/t8-,10+. The molecule has 0 heterocycles. The van der Waals surface area contributed by atoms with Gasteiger partial charge in [-0.05, 0) is 42.4 Å². The zero-order valence-corrected chi connectivity index (χ0v) is 10.6. The van der Waals surface area contributed by atoms with Gasteiger partial charge in [0.25, 0.3) is 0 Å². The Kier molecular flexibility index (Phi) is 3.89. The van der Waals surface area contributed by atoms with Crippen LogP contribution < -0.4 is 5.73 Å². The van der Waals surface area contributed by atoms with Crippen molar-refractivity contribution in [3.05, 3.63) is 35.4 Å². The summed E-state index contributed by atoms with van der Waals surface area (Å²) in [5.41, 5.74) is 5.08. The van der Waals surface area contributed by atoms with Crippen LogP contribution in [0, 0.1) is 5.92 Å². The summed E-state index contributed by atoms with van der Waals surface area (Å²) < 4.78 is 37.3. The molecule has 0 aliphatic heterocycles. The molecule has 3 N–H and O–H groups in total. The molecule has 0 unspecified atom stereocenters. The van der Waals surface area contributed by atoms with Gasteiger partial charge < -0.3 is 5.73 Å². The Morgan fingerprint density at radius 2 is 1.85 bits per heavy atom. The average Bonchev–Trinajstić information content (AvgIpc) is 2.32. The molecular formula is C13H15F3N2O2. The van der Waals surface area contributed by atoms with E-state index in [1.807, 2.05) is 0 Å². The van der Waals surface area contributed by atoms with Gasteiger partial charge in [0.1, 0.15) is 0 Å². The largest absolute Gasteiger partial charge is 0.416 e. The van der Waals surface area contributed by atoms with Crippen LogP contribution in [0.1, 0.15) is 29.9 Å². The number of hydroxylamine groups is 2. The Morgan fingerprint density at radius 3 is 2.30 bits per heavy atom. The lowest BCUT2D eigenvalue weighted by Gasteiger charge is -2.37. The maximum atomic E-state index is 12.4. The lowest BCUT2D eigenvalue weighted by atomic mass is 9.71. The first-order valence-corrected chi connectivity index (χ1v) is 6.20. The number of benzene rings is 1. The van der Waals surface area contributed by atoms with E-state index in [4.69, 9.17) is 5.73 Å². The summed E-state index contributed by atoms with van der Waals surface area (Å²) >= 11 is 0. The second-order valence-corrected chi connectivity index (χ2v) is 5.07. The molecule has 0 aromatic heterocycles. The zero-order valence-electron chi connectivity index (χ0n) is 10.6. The van der Waals surface area contributed by atoms with E-state index in [0.29, 0.717) is 5.06 Å². The third-order valence-corrected chi connectivity index (χ3v) is 3.63. The van der Waals surface area contributed by atoms with Crippen LogP contribution in [0.2, 0.25) is 0 Å². The molecule has 1 aromatic rings. The van der Waals surface area contributed by atoms with Crippen LogP contribution in [0.15, 0.2) is 24.3 Å². The van der Waals surface area contributed by atoms with E-state index in [9.17, 15) is 23.2 Å². The van der Waals surface area contributed by atoms with Gasteiger partial charge in [0.15, 0.2) is 0 Å². The summed E-state index contributed by atoms with van der Waals surface area (Å²) in [6, 6.07) is 4.21. The summed E-state index contributed by atoms with van der Waals surface area (Å²) in [4.78, 5) is 10.6. The first-order chi connectivity index (χ1) is 9.27. The summed E-state index contributed by atoms with van der Waals surface area (Å²) in [5.74, 6) is 0.295. The van der Waals surface area contributed by atoms with Crippen LogP contribution in [0.25, 0.3) is 0 Å². The fourth-order valence-corrected chi connectivity index (χ4v) is 2.44. The summed E-state index contributed by atoms with van der Waals surface area (Å²) in [5, 5.41) is 9.64. The number of carbonyl (C=O) groups excluding carboxylic acids is 1. The van der Waals surface area contributed by atoms with Crippen LogP contribution >= 0.6 is 0 Å². The molecule has 1 aliphatic carbocycles. The van der Waals surface area contributed by atoms with Gasteiger partial charge in [-0.2, -0.15) is 13.2 Å². The van der Waals surface area contributed by atoms with Crippen LogP contribution in [0.5, 0.6) is 0 Å². The predicted molar refractivity (Wildman–Crippen MR) is 65.0 cm³/mol.